The van der Waals surface area contributed by atoms with E-state index >= 15 is 0 Å². The normalized spacial score (nSPS) is 13.9. The Hall–Kier alpha value is -1.03. The summed E-state index contributed by atoms with van der Waals surface area (Å²) in [6.45, 7) is 1.90. The smallest absolute Gasteiger partial charge is 0.313 e. The second kappa shape index (κ2) is 4.66. The first kappa shape index (κ1) is 12.0. The number of aryl methyl sites for hydroxylation is 1. The fourth-order valence-electron chi connectivity index (χ4n) is 1.42. The van der Waals surface area contributed by atoms with Crippen LogP contribution in [0.2, 0.25) is 0 Å². The number of hydrogen-bond donors (Lipinski definition) is 1. The summed E-state index contributed by atoms with van der Waals surface area (Å²) in [5.41, 5.74) is 1.71. The minimum absolute atomic E-state index is 0.661. The molecule has 0 heterocycles. The first-order valence-corrected chi connectivity index (χ1v) is 4.73. The van der Waals surface area contributed by atoms with Gasteiger partial charge in [-0.25, -0.2) is 0 Å². The molecule has 0 fully saturated rings. The van der Waals surface area contributed by atoms with Crippen LogP contribution in [-0.4, -0.2) is 13.2 Å². The van der Waals surface area contributed by atoms with Gasteiger partial charge in [0.15, 0.2) is 0 Å². The topological polar surface area (TPSA) is 12.0 Å². The molecule has 1 N–H and O–H groups in total. The average Bonchev–Trinajstić information content (AvgIpc) is 2.14. The largest absolute Gasteiger partial charge is 0.390 e. The van der Waals surface area contributed by atoms with E-state index in [1.54, 1.807) is 12.1 Å². The minimum Gasteiger partial charge on any atom is -0.313 e. The summed E-state index contributed by atoms with van der Waals surface area (Å²) < 4.78 is 36.7. The molecule has 0 saturated carbocycles. The van der Waals surface area contributed by atoms with Crippen LogP contribution in [0.1, 0.15) is 23.6 Å². The van der Waals surface area contributed by atoms with Crippen molar-refractivity contribution in [2.24, 2.45) is 0 Å². The predicted octanol–water partition coefficient (Wildman–Crippen LogP) is 3.21. The average molecular weight is 217 g/mol. The molecule has 1 nitrogen and oxygen atoms in total. The third kappa shape index (κ3) is 3.91. The lowest BCUT2D eigenvalue weighted by molar-refractivity contribution is -0.140. The highest BCUT2D eigenvalue weighted by Crippen LogP contribution is 2.29. The van der Waals surface area contributed by atoms with Crippen LogP contribution in [0.5, 0.6) is 0 Å². The van der Waals surface area contributed by atoms with Crippen LogP contribution >= 0.6 is 0 Å². The molecule has 1 rings (SSSR count). The highest BCUT2D eigenvalue weighted by Gasteiger charge is 2.31. The van der Waals surface area contributed by atoms with Crippen LogP contribution < -0.4 is 5.32 Å². The Kier molecular flexibility index (Phi) is 3.74. The van der Waals surface area contributed by atoms with E-state index in [-0.39, 0.29) is 0 Å². The molecule has 0 aliphatic rings. The Labute approximate surface area is 87.3 Å². The van der Waals surface area contributed by atoms with Gasteiger partial charge in [0.25, 0.3) is 0 Å². The summed E-state index contributed by atoms with van der Waals surface area (Å²) in [6.07, 6.45) is -4.98. The molecule has 0 amide bonds. The van der Waals surface area contributed by atoms with Gasteiger partial charge in [0, 0.05) is 6.04 Å². The molecule has 1 aromatic rings. The van der Waals surface area contributed by atoms with Gasteiger partial charge >= 0.3 is 6.18 Å². The summed E-state index contributed by atoms with van der Waals surface area (Å²) >= 11 is 0. The molecular formula is C11H14F3N. The maximum atomic E-state index is 12.2. The van der Waals surface area contributed by atoms with Crippen molar-refractivity contribution in [3.05, 3.63) is 35.4 Å². The predicted molar refractivity (Wildman–Crippen MR) is 53.7 cm³/mol. The lowest BCUT2D eigenvalue weighted by atomic mass is 10.0. The molecule has 0 radical (unpaired) electrons. The second-order valence-electron chi connectivity index (χ2n) is 3.57. The summed E-state index contributed by atoms with van der Waals surface area (Å²) in [7, 11) is 1.54. The third-order valence-corrected chi connectivity index (χ3v) is 2.26. The van der Waals surface area contributed by atoms with Gasteiger partial charge in [-0.2, -0.15) is 13.2 Å². The Morgan fingerprint density at radius 1 is 1.20 bits per heavy atom. The van der Waals surface area contributed by atoms with Crippen LogP contribution in [0.15, 0.2) is 24.3 Å². The third-order valence-electron chi connectivity index (χ3n) is 2.26. The highest BCUT2D eigenvalue weighted by molar-refractivity contribution is 5.24. The van der Waals surface area contributed by atoms with Crippen molar-refractivity contribution < 1.29 is 13.2 Å². The SMILES string of the molecule is CNC(CC(F)(F)F)c1ccc(C)cc1. The highest BCUT2D eigenvalue weighted by atomic mass is 19.4. The summed E-state index contributed by atoms with van der Waals surface area (Å²) in [5, 5.41) is 2.67. The maximum Gasteiger partial charge on any atom is 0.390 e. The van der Waals surface area contributed by atoms with Crippen molar-refractivity contribution in [1.82, 2.24) is 5.32 Å². The zero-order chi connectivity index (χ0) is 11.5. The quantitative estimate of drug-likeness (QED) is 0.819. The Balaban J connectivity index is 2.79. The van der Waals surface area contributed by atoms with Gasteiger partial charge in [-0.15, -0.1) is 0 Å². The Morgan fingerprint density at radius 2 is 1.73 bits per heavy atom. The van der Waals surface area contributed by atoms with E-state index in [4.69, 9.17) is 0 Å². The molecule has 0 bridgehead atoms. The van der Waals surface area contributed by atoms with Gasteiger partial charge in [0.1, 0.15) is 0 Å². The van der Waals surface area contributed by atoms with E-state index < -0.39 is 18.6 Å². The van der Waals surface area contributed by atoms with Crippen LogP contribution in [0.25, 0.3) is 0 Å². The fraction of sp³-hybridized carbons (Fsp3) is 0.455. The number of rotatable bonds is 3. The molecule has 0 aliphatic carbocycles. The number of halogens is 3. The summed E-state index contributed by atoms with van der Waals surface area (Å²) in [5.74, 6) is 0. The molecule has 0 spiro atoms. The molecular weight excluding hydrogens is 203 g/mol. The Bertz CT molecular complexity index is 303. The van der Waals surface area contributed by atoms with E-state index in [1.165, 1.54) is 7.05 Å². The summed E-state index contributed by atoms with van der Waals surface area (Å²) in [6, 6.07) is 6.42. The van der Waals surface area contributed by atoms with Gasteiger partial charge in [0.2, 0.25) is 0 Å². The molecule has 1 aromatic carbocycles. The minimum atomic E-state index is -4.14. The lowest BCUT2D eigenvalue weighted by Crippen LogP contribution is -2.23. The van der Waals surface area contributed by atoms with E-state index in [9.17, 15) is 13.2 Å². The first-order chi connectivity index (χ1) is 6.92. The van der Waals surface area contributed by atoms with E-state index in [2.05, 4.69) is 5.32 Å². The molecule has 15 heavy (non-hydrogen) atoms. The van der Waals surface area contributed by atoms with Crippen LogP contribution in [0.3, 0.4) is 0 Å². The number of nitrogens with one attached hydrogen (secondary N) is 1. The van der Waals surface area contributed by atoms with E-state index in [0.29, 0.717) is 5.56 Å². The van der Waals surface area contributed by atoms with Gasteiger partial charge in [0.05, 0.1) is 6.42 Å². The lowest BCUT2D eigenvalue weighted by Gasteiger charge is -2.18. The molecule has 1 unspecified atom stereocenters. The second-order valence-corrected chi connectivity index (χ2v) is 3.57. The van der Waals surface area contributed by atoms with Crippen LogP contribution in [0, 0.1) is 6.92 Å². The molecule has 0 aliphatic heterocycles. The van der Waals surface area contributed by atoms with Gasteiger partial charge < -0.3 is 5.32 Å². The molecule has 0 saturated heterocycles. The molecule has 1 atom stereocenters. The zero-order valence-electron chi connectivity index (χ0n) is 8.73. The molecule has 84 valence electrons. The number of hydrogen-bond acceptors (Lipinski definition) is 1. The fourth-order valence-corrected chi connectivity index (χ4v) is 1.42. The van der Waals surface area contributed by atoms with E-state index in [0.717, 1.165) is 5.56 Å². The van der Waals surface area contributed by atoms with Gasteiger partial charge in [-0.3, -0.25) is 0 Å². The number of benzene rings is 1. The zero-order valence-corrected chi connectivity index (χ0v) is 8.73. The Morgan fingerprint density at radius 3 is 2.13 bits per heavy atom. The van der Waals surface area contributed by atoms with Crippen LogP contribution in [0.4, 0.5) is 13.2 Å². The van der Waals surface area contributed by atoms with Gasteiger partial charge in [-0.1, -0.05) is 29.8 Å². The first-order valence-electron chi connectivity index (χ1n) is 4.73. The monoisotopic (exact) mass is 217 g/mol. The van der Waals surface area contributed by atoms with Crippen molar-refractivity contribution in [2.75, 3.05) is 7.05 Å². The molecule has 4 heteroatoms. The van der Waals surface area contributed by atoms with Crippen molar-refractivity contribution in [2.45, 2.75) is 25.6 Å². The van der Waals surface area contributed by atoms with Crippen molar-refractivity contribution in [3.8, 4) is 0 Å². The van der Waals surface area contributed by atoms with Gasteiger partial charge in [-0.05, 0) is 19.5 Å². The van der Waals surface area contributed by atoms with Crippen LogP contribution in [-0.2, 0) is 0 Å². The van der Waals surface area contributed by atoms with Crippen molar-refractivity contribution in [3.63, 3.8) is 0 Å². The van der Waals surface area contributed by atoms with Crippen molar-refractivity contribution in [1.29, 1.82) is 0 Å². The number of alkyl halides is 3. The van der Waals surface area contributed by atoms with Crippen molar-refractivity contribution >= 4 is 0 Å². The standard InChI is InChI=1S/C11H14F3N/c1-8-3-5-9(6-4-8)10(15-2)7-11(12,13)14/h3-6,10,15H,7H2,1-2H3. The van der Waals surface area contributed by atoms with E-state index in [1.807, 2.05) is 19.1 Å². The maximum absolute atomic E-state index is 12.2. The molecule has 0 aromatic heterocycles. The summed E-state index contributed by atoms with van der Waals surface area (Å²) in [4.78, 5) is 0.